The molecule has 0 fully saturated rings. The Morgan fingerprint density at radius 1 is 1.32 bits per heavy atom. The van der Waals surface area contributed by atoms with E-state index in [9.17, 15) is 20.3 Å². The number of nitriles is 1. The summed E-state index contributed by atoms with van der Waals surface area (Å²) in [5.74, 6) is -0.736. The molecule has 0 saturated carbocycles. The molecule has 0 bridgehead atoms. The number of aromatic nitrogens is 2. The average Bonchev–Trinajstić information content (AvgIpc) is 3.16. The number of aromatic hydroxyl groups is 2. The molecule has 0 radical (unpaired) electrons. The molecule has 0 saturated heterocycles. The summed E-state index contributed by atoms with van der Waals surface area (Å²) in [5, 5.41) is 32.7. The fourth-order valence-corrected chi connectivity index (χ4v) is 2.99. The summed E-state index contributed by atoms with van der Waals surface area (Å²) < 4.78 is 5.25. The standard InChI is InChI=1S/C19H14N4O4S/c1-27-16-3-2-6-21-17(16)13-10-28-19(22-13)23-18(26)12(9-20)7-11-4-5-14(24)15(25)8-11/h2-8,10,24-25H,1H3,(H,22,23,26)/b12-7+. The van der Waals surface area contributed by atoms with E-state index >= 15 is 0 Å². The molecule has 0 unspecified atom stereocenters. The predicted octanol–water partition coefficient (Wildman–Crippen LogP) is 3.17. The SMILES string of the molecule is COc1cccnc1-c1csc(NC(=O)/C(C#N)=C/c2ccc(O)c(O)c2)n1. The fourth-order valence-electron chi connectivity index (χ4n) is 2.30. The van der Waals surface area contributed by atoms with Crippen molar-refractivity contribution in [2.45, 2.75) is 0 Å². The number of thiazole rings is 1. The van der Waals surface area contributed by atoms with Crippen LogP contribution in [-0.2, 0) is 4.79 Å². The zero-order valence-corrected chi connectivity index (χ0v) is 15.4. The third-order valence-corrected chi connectivity index (χ3v) is 4.39. The van der Waals surface area contributed by atoms with Gasteiger partial charge in [0.15, 0.2) is 16.6 Å². The molecule has 2 heterocycles. The fraction of sp³-hybridized carbons (Fsp3) is 0.0526. The molecule has 140 valence electrons. The Labute approximate surface area is 164 Å². The van der Waals surface area contributed by atoms with E-state index in [-0.39, 0.29) is 17.1 Å². The zero-order valence-electron chi connectivity index (χ0n) is 14.6. The van der Waals surface area contributed by atoms with Crippen LogP contribution in [0.15, 0.2) is 47.5 Å². The first-order valence-electron chi connectivity index (χ1n) is 7.92. The monoisotopic (exact) mass is 394 g/mol. The van der Waals surface area contributed by atoms with Crippen molar-refractivity contribution in [3.63, 3.8) is 0 Å². The van der Waals surface area contributed by atoms with Gasteiger partial charge in [0.2, 0.25) is 0 Å². The smallest absolute Gasteiger partial charge is 0.268 e. The largest absolute Gasteiger partial charge is 0.504 e. The zero-order chi connectivity index (χ0) is 20.1. The number of nitrogens with zero attached hydrogens (tertiary/aromatic N) is 3. The number of nitrogens with one attached hydrogen (secondary N) is 1. The van der Waals surface area contributed by atoms with Gasteiger partial charge in [-0.2, -0.15) is 5.26 Å². The molecule has 2 aromatic heterocycles. The van der Waals surface area contributed by atoms with Crippen molar-refractivity contribution < 1.29 is 19.7 Å². The Hall–Kier alpha value is -3.90. The highest BCUT2D eigenvalue weighted by molar-refractivity contribution is 7.14. The molecule has 1 aromatic carbocycles. The van der Waals surface area contributed by atoms with Crippen LogP contribution < -0.4 is 10.1 Å². The van der Waals surface area contributed by atoms with E-state index in [0.29, 0.717) is 27.8 Å². The summed E-state index contributed by atoms with van der Waals surface area (Å²) in [4.78, 5) is 20.9. The molecule has 0 aliphatic carbocycles. The average molecular weight is 394 g/mol. The van der Waals surface area contributed by atoms with Crippen molar-refractivity contribution in [1.29, 1.82) is 5.26 Å². The number of rotatable bonds is 5. The number of benzene rings is 1. The van der Waals surface area contributed by atoms with Crippen LogP contribution >= 0.6 is 11.3 Å². The number of hydrogen-bond donors (Lipinski definition) is 3. The molecular formula is C19H14N4O4S. The molecule has 3 N–H and O–H groups in total. The summed E-state index contributed by atoms with van der Waals surface area (Å²) in [6, 6.07) is 9.28. The van der Waals surface area contributed by atoms with Gasteiger partial charge in [0.25, 0.3) is 5.91 Å². The van der Waals surface area contributed by atoms with E-state index < -0.39 is 5.91 Å². The van der Waals surface area contributed by atoms with Gasteiger partial charge in [0.05, 0.1) is 7.11 Å². The minimum Gasteiger partial charge on any atom is -0.504 e. The normalized spacial score (nSPS) is 10.9. The maximum atomic E-state index is 12.4. The van der Waals surface area contributed by atoms with Gasteiger partial charge >= 0.3 is 0 Å². The molecule has 8 nitrogen and oxygen atoms in total. The molecular weight excluding hydrogens is 380 g/mol. The number of pyridine rings is 1. The van der Waals surface area contributed by atoms with Crippen molar-refractivity contribution in [1.82, 2.24) is 9.97 Å². The minimum absolute atomic E-state index is 0.183. The maximum Gasteiger partial charge on any atom is 0.268 e. The Bertz CT molecular complexity index is 1100. The van der Waals surface area contributed by atoms with Gasteiger partial charge in [0, 0.05) is 11.6 Å². The summed E-state index contributed by atoms with van der Waals surface area (Å²) in [7, 11) is 1.53. The number of phenols is 2. The van der Waals surface area contributed by atoms with Crippen LogP contribution in [0.1, 0.15) is 5.56 Å². The van der Waals surface area contributed by atoms with Crippen LogP contribution in [0.4, 0.5) is 5.13 Å². The van der Waals surface area contributed by atoms with Crippen LogP contribution in [0.2, 0.25) is 0 Å². The van der Waals surface area contributed by atoms with Gasteiger partial charge in [0.1, 0.15) is 28.8 Å². The van der Waals surface area contributed by atoms with E-state index in [2.05, 4.69) is 15.3 Å². The van der Waals surface area contributed by atoms with Gasteiger partial charge in [-0.1, -0.05) is 6.07 Å². The van der Waals surface area contributed by atoms with Crippen molar-refractivity contribution in [2.75, 3.05) is 12.4 Å². The minimum atomic E-state index is -0.649. The second-order valence-corrected chi connectivity index (χ2v) is 6.32. The lowest BCUT2D eigenvalue weighted by Crippen LogP contribution is -2.13. The maximum absolute atomic E-state index is 12.4. The highest BCUT2D eigenvalue weighted by Crippen LogP contribution is 2.30. The molecule has 28 heavy (non-hydrogen) atoms. The highest BCUT2D eigenvalue weighted by Gasteiger charge is 2.15. The Morgan fingerprint density at radius 3 is 2.86 bits per heavy atom. The predicted molar refractivity (Wildman–Crippen MR) is 104 cm³/mol. The van der Waals surface area contributed by atoms with Gasteiger partial charge in [-0.3, -0.25) is 15.1 Å². The van der Waals surface area contributed by atoms with Crippen LogP contribution in [0.3, 0.4) is 0 Å². The molecule has 1 amide bonds. The second kappa shape index (κ2) is 8.20. The first-order valence-corrected chi connectivity index (χ1v) is 8.80. The van der Waals surface area contributed by atoms with Crippen LogP contribution in [0.5, 0.6) is 17.2 Å². The topological polar surface area (TPSA) is 128 Å². The lowest BCUT2D eigenvalue weighted by atomic mass is 10.1. The molecule has 3 rings (SSSR count). The third-order valence-electron chi connectivity index (χ3n) is 3.63. The number of hydrogen-bond acceptors (Lipinski definition) is 8. The van der Waals surface area contributed by atoms with E-state index in [1.54, 1.807) is 23.7 Å². The van der Waals surface area contributed by atoms with Crippen molar-refractivity contribution >= 4 is 28.5 Å². The summed E-state index contributed by atoms with van der Waals surface area (Å²) >= 11 is 1.18. The van der Waals surface area contributed by atoms with Crippen molar-refractivity contribution in [2.24, 2.45) is 0 Å². The van der Waals surface area contributed by atoms with Gasteiger partial charge < -0.3 is 14.9 Å². The van der Waals surface area contributed by atoms with Gasteiger partial charge in [-0.15, -0.1) is 11.3 Å². The quantitative estimate of drug-likeness (QED) is 0.344. The van der Waals surface area contributed by atoms with Gasteiger partial charge in [-0.25, -0.2) is 4.98 Å². The molecule has 0 spiro atoms. The number of anilines is 1. The van der Waals surface area contributed by atoms with Crippen molar-refractivity contribution in [3.8, 4) is 34.7 Å². The third kappa shape index (κ3) is 4.08. The molecule has 0 aliphatic heterocycles. The number of carbonyl (C=O) groups is 1. The van der Waals surface area contributed by atoms with Crippen molar-refractivity contribution in [3.05, 3.63) is 53.0 Å². The van der Waals surface area contributed by atoms with Gasteiger partial charge in [-0.05, 0) is 35.9 Å². The molecule has 0 atom stereocenters. The Kier molecular flexibility index (Phi) is 5.53. The second-order valence-electron chi connectivity index (χ2n) is 5.46. The van der Waals surface area contributed by atoms with Crippen LogP contribution in [0, 0.1) is 11.3 Å². The van der Waals surface area contributed by atoms with Crippen LogP contribution in [-0.4, -0.2) is 33.2 Å². The molecule has 3 aromatic rings. The first kappa shape index (κ1) is 18.9. The number of amides is 1. The van der Waals surface area contributed by atoms with E-state index in [1.165, 1.54) is 42.7 Å². The highest BCUT2D eigenvalue weighted by atomic mass is 32.1. The lowest BCUT2D eigenvalue weighted by molar-refractivity contribution is -0.112. The van der Waals surface area contributed by atoms with Crippen LogP contribution in [0.25, 0.3) is 17.5 Å². The number of carbonyl (C=O) groups excluding carboxylic acids is 1. The number of methoxy groups -OCH3 is 1. The number of phenolic OH excluding ortho intramolecular Hbond substituents is 2. The Morgan fingerprint density at radius 2 is 2.14 bits per heavy atom. The molecule has 9 heteroatoms. The van der Waals surface area contributed by atoms with E-state index in [1.807, 2.05) is 6.07 Å². The summed E-state index contributed by atoms with van der Waals surface area (Å²) in [6.45, 7) is 0. The Balaban J connectivity index is 1.80. The van der Waals surface area contributed by atoms with E-state index in [0.717, 1.165) is 0 Å². The van der Waals surface area contributed by atoms with E-state index in [4.69, 9.17) is 4.74 Å². The summed E-state index contributed by atoms with van der Waals surface area (Å²) in [6.07, 6.45) is 2.91. The summed E-state index contributed by atoms with van der Waals surface area (Å²) in [5.41, 5.74) is 1.28. The first-order chi connectivity index (χ1) is 13.5. The lowest BCUT2D eigenvalue weighted by Gasteiger charge is -2.04. The number of ether oxygens (including phenoxy) is 1. The molecule has 0 aliphatic rings.